The number of hydrogen-bond acceptors (Lipinski definition) is 2. The number of halogens is 4. The van der Waals surface area contributed by atoms with E-state index in [1.165, 1.54) is 19.2 Å². The van der Waals surface area contributed by atoms with Crippen molar-refractivity contribution in [3.05, 3.63) is 35.7 Å². The van der Waals surface area contributed by atoms with Gasteiger partial charge in [0, 0.05) is 11.6 Å². The molecular formula is C11H8F4O2. The van der Waals surface area contributed by atoms with Crippen LogP contribution in [-0.2, 0) is 4.79 Å². The molecular weight excluding hydrogens is 240 g/mol. The second-order valence-corrected chi connectivity index (χ2v) is 3.08. The summed E-state index contributed by atoms with van der Waals surface area (Å²) in [7, 11) is 1.33. The highest BCUT2D eigenvalue weighted by atomic mass is 19.4. The molecule has 0 saturated carbocycles. The van der Waals surface area contributed by atoms with Crippen LogP contribution in [0.4, 0.5) is 17.6 Å². The number of benzene rings is 1. The molecule has 0 fully saturated rings. The van der Waals surface area contributed by atoms with Crippen LogP contribution in [0.2, 0.25) is 0 Å². The van der Waals surface area contributed by atoms with E-state index in [9.17, 15) is 22.4 Å². The Labute approximate surface area is 94.5 Å². The molecule has 0 spiro atoms. The van der Waals surface area contributed by atoms with Gasteiger partial charge in [0.1, 0.15) is 11.6 Å². The van der Waals surface area contributed by atoms with Gasteiger partial charge in [-0.3, -0.25) is 4.79 Å². The quantitative estimate of drug-likeness (QED) is 0.607. The maximum absolute atomic E-state index is 13.3. The van der Waals surface area contributed by atoms with Crippen LogP contribution in [0.25, 0.3) is 6.08 Å². The van der Waals surface area contributed by atoms with Gasteiger partial charge < -0.3 is 4.74 Å². The number of ether oxygens (including phenoxy) is 1. The smallest absolute Gasteiger partial charge is 0.454 e. The van der Waals surface area contributed by atoms with Crippen LogP contribution in [0, 0.1) is 5.82 Å². The lowest BCUT2D eigenvalue weighted by molar-refractivity contribution is -0.165. The summed E-state index contributed by atoms with van der Waals surface area (Å²) in [5.41, 5.74) is -0.122. The highest BCUT2D eigenvalue weighted by Gasteiger charge is 2.35. The van der Waals surface area contributed by atoms with Gasteiger partial charge in [-0.25, -0.2) is 4.39 Å². The van der Waals surface area contributed by atoms with Crippen LogP contribution >= 0.6 is 0 Å². The highest BCUT2D eigenvalue weighted by Crippen LogP contribution is 2.20. The molecule has 1 aromatic rings. The number of hydrogen-bond donors (Lipinski definition) is 0. The van der Waals surface area contributed by atoms with E-state index in [1.807, 2.05) is 0 Å². The minimum Gasteiger partial charge on any atom is -0.497 e. The van der Waals surface area contributed by atoms with E-state index in [1.54, 1.807) is 0 Å². The van der Waals surface area contributed by atoms with E-state index in [0.29, 0.717) is 0 Å². The van der Waals surface area contributed by atoms with Crippen LogP contribution in [0.1, 0.15) is 5.56 Å². The second kappa shape index (κ2) is 4.99. The Kier molecular flexibility index (Phi) is 3.88. The summed E-state index contributed by atoms with van der Waals surface area (Å²) in [5.74, 6) is -2.56. The van der Waals surface area contributed by atoms with E-state index in [4.69, 9.17) is 4.74 Å². The molecule has 0 aliphatic rings. The fourth-order valence-electron chi connectivity index (χ4n) is 1.03. The zero-order valence-corrected chi connectivity index (χ0v) is 8.72. The van der Waals surface area contributed by atoms with Crippen LogP contribution < -0.4 is 4.74 Å². The Morgan fingerprint density at radius 1 is 1.35 bits per heavy atom. The minimum absolute atomic E-state index is 0.122. The van der Waals surface area contributed by atoms with Gasteiger partial charge in [0.15, 0.2) is 0 Å². The van der Waals surface area contributed by atoms with Gasteiger partial charge in [0.25, 0.3) is 5.78 Å². The third kappa shape index (κ3) is 3.58. The molecule has 0 saturated heterocycles. The molecule has 1 rings (SSSR count). The van der Waals surface area contributed by atoms with Crippen LogP contribution in [0.15, 0.2) is 24.3 Å². The predicted molar refractivity (Wildman–Crippen MR) is 53.0 cm³/mol. The molecule has 0 atom stereocenters. The Balaban J connectivity index is 2.89. The minimum atomic E-state index is -4.94. The normalized spacial score (nSPS) is 11.8. The first-order valence-electron chi connectivity index (χ1n) is 4.47. The standard InChI is InChI=1S/C11H8F4O2/c1-17-8-4-2-7(9(12)6-8)3-5-10(16)11(13,14)15/h2-6H,1H3/b5-3+. The fraction of sp³-hybridized carbons (Fsp3) is 0.182. The fourth-order valence-corrected chi connectivity index (χ4v) is 1.03. The molecule has 0 aromatic heterocycles. The van der Waals surface area contributed by atoms with Crippen LogP contribution in [-0.4, -0.2) is 19.1 Å². The molecule has 0 bridgehead atoms. The van der Waals surface area contributed by atoms with Crippen molar-refractivity contribution in [3.8, 4) is 5.75 Å². The molecule has 0 N–H and O–H groups in total. The van der Waals surface area contributed by atoms with Crippen molar-refractivity contribution in [2.75, 3.05) is 7.11 Å². The molecule has 0 unspecified atom stereocenters. The third-order valence-electron chi connectivity index (χ3n) is 1.90. The van der Waals surface area contributed by atoms with Gasteiger partial charge >= 0.3 is 6.18 Å². The largest absolute Gasteiger partial charge is 0.497 e. The summed E-state index contributed by atoms with van der Waals surface area (Å²) in [6.07, 6.45) is -3.89. The van der Waals surface area contributed by atoms with Crippen molar-refractivity contribution >= 4 is 11.9 Å². The summed E-state index contributed by atoms with van der Waals surface area (Å²) in [6.45, 7) is 0. The van der Waals surface area contributed by atoms with Crippen molar-refractivity contribution in [1.29, 1.82) is 0 Å². The predicted octanol–water partition coefficient (Wildman–Crippen LogP) is 2.98. The van der Waals surface area contributed by atoms with Crippen molar-refractivity contribution in [3.63, 3.8) is 0 Å². The molecule has 17 heavy (non-hydrogen) atoms. The monoisotopic (exact) mass is 248 g/mol. The molecule has 2 nitrogen and oxygen atoms in total. The van der Waals surface area contributed by atoms with Crippen LogP contribution in [0.3, 0.4) is 0 Å². The van der Waals surface area contributed by atoms with E-state index in [2.05, 4.69) is 0 Å². The summed E-state index contributed by atoms with van der Waals surface area (Å²) in [6, 6.07) is 3.60. The SMILES string of the molecule is COc1ccc(/C=C/C(=O)C(F)(F)F)c(F)c1. The third-order valence-corrected chi connectivity index (χ3v) is 1.90. The summed E-state index contributed by atoms with van der Waals surface area (Å²) in [5, 5.41) is 0. The van der Waals surface area contributed by atoms with E-state index in [0.717, 1.165) is 12.1 Å². The maximum atomic E-state index is 13.3. The number of rotatable bonds is 3. The summed E-state index contributed by atoms with van der Waals surface area (Å²) < 4.78 is 53.5. The molecule has 0 heterocycles. The zero-order chi connectivity index (χ0) is 13.1. The number of carbonyl (C=O) groups excluding carboxylic acids is 1. The highest BCUT2D eigenvalue weighted by molar-refractivity contribution is 5.97. The first-order chi connectivity index (χ1) is 7.84. The van der Waals surface area contributed by atoms with Gasteiger partial charge in [0.05, 0.1) is 7.11 Å². The average Bonchev–Trinajstić information content (AvgIpc) is 2.25. The lowest BCUT2D eigenvalue weighted by Gasteiger charge is -2.02. The average molecular weight is 248 g/mol. The Hall–Kier alpha value is -1.85. The second-order valence-electron chi connectivity index (χ2n) is 3.08. The van der Waals surface area contributed by atoms with Crippen molar-refractivity contribution in [2.24, 2.45) is 0 Å². The lowest BCUT2D eigenvalue weighted by Crippen LogP contribution is -2.19. The molecule has 0 aliphatic carbocycles. The number of alkyl halides is 3. The first-order valence-corrected chi connectivity index (χ1v) is 4.47. The number of carbonyl (C=O) groups is 1. The topological polar surface area (TPSA) is 26.3 Å². The number of methoxy groups -OCH3 is 1. The van der Waals surface area contributed by atoms with Gasteiger partial charge in [-0.1, -0.05) is 0 Å². The Morgan fingerprint density at radius 2 is 2.00 bits per heavy atom. The molecule has 0 amide bonds. The van der Waals surface area contributed by atoms with Crippen LogP contribution in [0.5, 0.6) is 5.75 Å². The molecule has 92 valence electrons. The Morgan fingerprint density at radius 3 is 2.47 bits per heavy atom. The maximum Gasteiger partial charge on any atom is 0.454 e. The zero-order valence-electron chi connectivity index (χ0n) is 8.72. The van der Waals surface area contributed by atoms with E-state index < -0.39 is 17.8 Å². The van der Waals surface area contributed by atoms with Gasteiger partial charge in [-0.2, -0.15) is 13.2 Å². The molecule has 1 aromatic carbocycles. The Bertz CT molecular complexity index is 449. The lowest BCUT2D eigenvalue weighted by atomic mass is 10.1. The van der Waals surface area contributed by atoms with Crippen molar-refractivity contribution in [1.82, 2.24) is 0 Å². The molecule has 0 radical (unpaired) electrons. The van der Waals surface area contributed by atoms with Gasteiger partial charge in [-0.15, -0.1) is 0 Å². The van der Waals surface area contributed by atoms with Crippen molar-refractivity contribution in [2.45, 2.75) is 6.18 Å². The summed E-state index contributed by atoms with van der Waals surface area (Å²) >= 11 is 0. The summed E-state index contributed by atoms with van der Waals surface area (Å²) in [4.78, 5) is 10.5. The van der Waals surface area contributed by atoms with E-state index in [-0.39, 0.29) is 17.4 Å². The number of ketones is 1. The molecule has 6 heteroatoms. The first kappa shape index (κ1) is 13.2. The van der Waals surface area contributed by atoms with Gasteiger partial charge in [0.2, 0.25) is 0 Å². The van der Waals surface area contributed by atoms with Crippen molar-refractivity contribution < 1.29 is 27.1 Å². The van der Waals surface area contributed by atoms with Gasteiger partial charge in [-0.05, 0) is 24.3 Å². The van der Waals surface area contributed by atoms with E-state index >= 15 is 0 Å². The number of allylic oxidation sites excluding steroid dienone is 1. The molecule has 0 aliphatic heterocycles.